The van der Waals surface area contributed by atoms with Crippen LogP contribution < -0.4 is 5.32 Å². The van der Waals surface area contributed by atoms with Gasteiger partial charge in [-0.2, -0.15) is 0 Å². The molecule has 3 aromatic rings. The summed E-state index contributed by atoms with van der Waals surface area (Å²) in [5.74, 6) is -2.64. The molecule has 2 aromatic carbocycles. The number of aromatic carboxylic acids is 1. The van der Waals surface area contributed by atoms with Crippen molar-refractivity contribution in [1.82, 2.24) is 4.98 Å². The number of nitrogens with one attached hydrogen (secondary N) is 2. The van der Waals surface area contributed by atoms with Crippen molar-refractivity contribution in [3.63, 3.8) is 0 Å². The maximum absolute atomic E-state index is 14.1. The number of hydrogen-bond donors (Lipinski definition) is 3. The van der Waals surface area contributed by atoms with Gasteiger partial charge in [0, 0.05) is 28.2 Å². The first kappa shape index (κ1) is 22.5. The smallest absolute Gasteiger partial charge is 0.337 e. The van der Waals surface area contributed by atoms with Crippen LogP contribution >= 0.6 is 0 Å². The van der Waals surface area contributed by atoms with Crippen LogP contribution in [-0.4, -0.2) is 30.4 Å². The van der Waals surface area contributed by atoms with E-state index >= 15 is 0 Å². The first-order valence-corrected chi connectivity index (χ1v) is 11.7. The second-order valence-electron chi connectivity index (χ2n) is 7.94. The van der Waals surface area contributed by atoms with E-state index in [1.807, 2.05) is 0 Å². The molecule has 7 nitrogen and oxygen atoms in total. The van der Waals surface area contributed by atoms with Gasteiger partial charge in [0.15, 0.2) is 9.84 Å². The largest absolute Gasteiger partial charge is 0.478 e. The van der Waals surface area contributed by atoms with E-state index in [1.165, 1.54) is 36.4 Å². The van der Waals surface area contributed by atoms with Crippen molar-refractivity contribution in [3.8, 4) is 0 Å². The Morgan fingerprint density at radius 1 is 1.09 bits per heavy atom. The van der Waals surface area contributed by atoms with Crippen molar-refractivity contribution in [1.29, 1.82) is 0 Å². The zero-order valence-corrected chi connectivity index (χ0v) is 18.9. The Bertz CT molecular complexity index is 1470. The Kier molecular flexibility index (Phi) is 5.45. The highest BCUT2D eigenvalue weighted by atomic mass is 32.2. The predicted molar refractivity (Wildman–Crippen MR) is 122 cm³/mol. The number of halogens is 1. The molecule has 1 aliphatic rings. The van der Waals surface area contributed by atoms with E-state index in [0.29, 0.717) is 33.8 Å². The van der Waals surface area contributed by atoms with E-state index in [4.69, 9.17) is 0 Å². The van der Waals surface area contributed by atoms with Crippen LogP contribution in [0.5, 0.6) is 0 Å². The van der Waals surface area contributed by atoms with E-state index in [2.05, 4.69) is 10.3 Å². The number of anilines is 1. The summed E-state index contributed by atoms with van der Waals surface area (Å²) < 4.78 is 40.3. The number of carboxylic acids is 1. The molecule has 2 heterocycles. The molecule has 4 rings (SSSR count). The highest BCUT2D eigenvalue weighted by Crippen LogP contribution is 2.39. The zero-order chi connectivity index (χ0) is 24.1. The number of benzene rings is 2. The van der Waals surface area contributed by atoms with Gasteiger partial charge in [-0.05, 0) is 56.2 Å². The molecule has 1 amide bonds. The van der Waals surface area contributed by atoms with Gasteiger partial charge in [0.25, 0.3) is 5.91 Å². The number of aryl methyl sites for hydroxylation is 1. The van der Waals surface area contributed by atoms with Crippen LogP contribution in [0, 0.1) is 26.6 Å². The number of carbonyl (C=O) groups excluding carboxylic acids is 1. The minimum atomic E-state index is -3.92. The van der Waals surface area contributed by atoms with Crippen molar-refractivity contribution in [2.45, 2.75) is 31.4 Å². The van der Waals surface area contributed by atoms with Gasteiger partial charge in [0.1, 0.15) is 5.82 Å². The fourth-order valence-corrected chi connectivity index (χ4v) is 5.85. The highest BCUT2D eigenvalue weighted by Gasteiger charge is 2.31. The molecule has 0 saturated carbocycles. The summed E-state index contributed by atoms with van der Waals surface area (Å²) in [5, 5.41) is 12.1. The van der Waals surface area contributed by atoms with E-state index in [-0.39, 0.29) is 21.6 Å². The average molecular weight is 469 g/mol. The maximum Gasteiger partial charge on any atom is 0.337 e. The first-order chi connectivity index (χ1) is 15.5. The fraction of sp³-hybridized carbons (Fsp3) is 0.167. The maximum atomic E-state index is 14.1. The third kappa shape index (κ3) is 3.84. The number of fused-ring (bicyclic) bond motifs is 1. The fourth-order valence-electron chi connectivity index (χ4n) is 4.20. The van der Waals surface area contributed by atoms with Crippen LogP contribution in [0.1, 0.15) is 44.0 Å². The molecule has 0 aliphatic carbocycles. The molecular weight excluding hydrogens is 447 g/mol. The summed E-state index contributed by atoms with van der Waals surface area (Å²) in [4.78, 5) is 27.2. The van der Waals surface area contributed by atoms with Gasteiger partial charge in [-0.25, -0.2) is 17.6 Å². The number of aromatic amines is 1. The van der Waals surface area contributed by atoms with Crippen molar-refractivity contribution >= 4 is 39.1 Å². The lowest BCUT2D eigenvalue weighted by molar-refractivity contribution is -0.110. The second-order valence-corrected chi connectivity index (χ2v) is 9.90. The minimum Gasteiger partial charge on any atom is -0.478 e. The number of sulfone groups is 1. The van der Waals surface area contributed by atoms with Crippen molar-refractivity contribution in [3.05, 3.63) is 81.4 Å². The quantitative estimate of drug-likeness (QED) is 0.484. The zero-order valence-electron chi connectivity index (χ0n) is 18.1. The third-order valence-electron chi connectivity index (χ3n) is 5.79. The topological polar surface area (TPSA) is 116 Å². The number of carboxylic acid groups (broad SMARTS) is 1. The van der Waals surface area contributed by atoms with Gasteiger partial charge in [0.2, 0.25) is 0 Å². The lowest BCUT2D eigenvalue weighted by Crippen LogP contribution is -2.09. The molecule has 0 radical (unpaired) electrons. The summed E-state index contributed by atoms with van der Waals surface area (Å²) in [6, 6.07) is 8.59. The van der Waals surface area contributed by atoms with Crippen LogP contribution in [-0.2, 0) is 20.4 Å². The number of amides is 1. The van der Waals surface area contributed by atoms with Gasteiger partial charge in [-0.15, -0.1) is 0 Å². The van der Waals surface area contributed by atoms with Gasteiger partial charge in [0.05, 0.1) is 21.8 Å². The number of aromatic nitrogens is 1. The summed E-state index contributed by atoms with van der Waals surface area (Å²) >= 11 is 0. The molecule has 0 fully saturated rings. The van der Waals surface area contributed by atoms with Crippen LogP contribution in [0.15, 0.2) is 41.3 Å². The number of H-pyrrole nitrogens is 1. The minimum absolute atomic E-state index is 0.00230. The molecule has 33 heavy (non-hydrogen) atoms. The van der Waals surface area contributed by atoms with Crippen molar-refractivity contribution < 1.29 is 27.5 Å². The number of rotatable bonds is 5. The van der Waals surface area contributed by atoms with E-state index < -0.39 is 33.3 Å². The molecular formula is C24H21FN2O5S. The molecule has 0 unspecified atom stereocenters. The SMILES string of the molecule is Cc1[nH]c(/C=C2\C(=O)Nc3ccc(S(=O)(=O)Cc4ccccc4F)c(C)c32)c(C)c1C(=O)O. The summed E-state index contributed by atoms with van der Waals surface area (Å²) in [6.45, 7) is 4.85. The van der Waals surface area contributed by atoms with E-state index in [0.717, 1.165) is 0 Å². The molecule has 3 N–H and O–H groups in total. The molecule has 9 heteroatoms. The third-order valence-corrected chi connectivity index (χ3v) is 7.60. The lowest BCUT2D eigenvalue weighted by atomic mass is 9.99. The van der Waals surface area contributed by atoms with Crippen LogP contribution in [0.3, 0.4) is 0 Å². The van der Waals surface area contributed by atoms with Crippen LogP contribution in [0.4, 0.5) is 10.1 Å². The Hall–Kier alpha value is -3.72. The molecule has 0 saturated heterocycles. The molecule has 170 valence electrons. The normalized spacial score (nSPS) is 14.4. The Morgan fingerprint density at radius 3 is 2.42 bits per heavy atom. The molecule has 1 aromatic heterocycles. The van der Waals surface area contributed by atoms with Crippen molar-refractivity contribution in [2.75, 3.05) is 5.32 Å². The lowest BCUT2D eigenvalue weighted by Gasteiger charge is -2.12. The highest BCUT2D eigenvalue weighted by molar-refractivity contribution is 7.90. The summed E-state index contributed by atoms with van der Waals surface area (Å²) in [5.41, 5.74) is 2.98. The number of hydrogen-bond acceptors (Lipinski definition) is 4. The first-order valence-electron chi connectivity index (χ1n) is 10.1. The van der Waals surface area contributed by atoms with Gasteiger partial charge in [-0.1, -0.05) is 18.2 Å². The van der Waals surface area contributed by atoms with Gasteiger partial charge >= 0.3 is 5.97 Å². The molecule has 1 aliphatic heterocycles. The molecule has 0 bridgehead atoms. The van der Waals surface area contributed by atoms with Crippen LogP contribution in [0.2, 0.25) is 0 Å². The Balaban J connectivity index is 1.83. The van der Waals surface area contributed by atoms with Crippen molar-refractivity contribution in [2.24, 2.45) is 0 Å². The predicted octanol–water partition coefficient (Wildman–Crippen LogP) is 4.24. The Morgan fingerprint density at radius 2 is 1.79 bits per heavy atom. The Labute approximate surface area is 189 Å². The van der Waals surface area contributed by atoms with Crippen LogP contribution in [0.25, 0.3) is 11.6 Å². The van der Waals surface area contributed by atoms with E-state index in [1.54, 1.807) is 26.8 Å². The monoisotopic (exact) mass is 468 g/mol. The summed E-state index contributed by atoms with van der Waals surface area (Å²) in [7, 11) is -3.92. The number of carbonyl (C=O) groups is 2. The second kappa shape index (κ2) is 8.00. The van der Waals surface area contributed by atoms with E-state index in [9.17, 15) is 27.5 Å². The standard InChI is InChI=1S/C24H21FN2O5S/c1-12-19(26-14(3)21(12)24(29)30)10-16-22-13(2)20(9-8-18(22)27-23(16)28)33(31,32)11-15-6-4-5-7-17(15)25/h4-10,26H,11H2,1-3H3,(H,27,28)(H,29,30)/b16-10-. The van der Waals surface area contributed by atoms with Gasteiger partial charge < -0.3 is 15.4 Å². The van der Waals surface area contributed by atoms with Gasteiger partial charge in [-0.3, -0.25) is 4.79 Å². The molecule has 0 spiro atoms. The summed E-state index contributed by atoms with van der Waals surface area (Å²) in [6.07, 6.45) is 1.52. The molecule has 0 atom stereocenters. The average Bonchev–Trinajstić information content (AvgIpc) is 3.19.